The Hall–Kier alpha value is -0.490. The van der Waals surface area contributed by atoms with E-state index in [0.717, 1.165) is 25.7 Å². The molecule has 2 aliphatic rings. The molecule has 124 valence electrons. The molecule has 1 saturated heterocycles. The molecule has 1 aliphatic heterocycles. The summed E-state index contributed by atoms with van der Waals surface area (Å²) in [5.41, 5.74) is 5.62. The topological polar surface area (TPSA) is 46.3 Å². The molecule has 0 aromatic rings. The fourth-order valence-electron chi connectivity index (χ4n) is 3.33. The lowest BCUT2D eigenvalue weighted by Crippen LogP contribution is -2.45. The molecule has 7 heteroatoms. The molecule has 2 N–H and O–H groups in total. The smallest absolute Gasteiger partial charge is 0.342 e. The standard InChI is InChI=1S/C14H23F3N2O.ClH/c15-14(16,17)12-5-7-19(8-6-12)13(20)11-3-1-10(9-18)2-4-11;/h10-12H,1-9,18H2;1H. The maximum atomic E-state index is 12.6. The second kappa shape index (κ2) is 7.68. The van der Waals surface area contributed by atoms with Crippen LogP contribution in [-0.4, -0.2) is 36.6 Å². The zero-order valence-electron chi connectivity index (χ0n) is 12.1. The van der Waals surface area contributed by atoms with Crippen LogP contribution in [0.3, 0.4) is 0 Å². The van der Waals surface area contributed by atoms with Crippen LogP contribution in [0.2, 0.25) is 0 Å². The average Bonchev–Trinajstić information content (AvgIpc) is 2.46. The zero-order valence-corrected chi connectivity index (χ0v) is 12.9. The van der Waals surface area contributed by atoms with Crippen molar-refractivity contribution in [3.63, 3.8) is 0 Å². The number of carbonyl (C=O) groups excluding carboxylic acids is 1. The first-order valence-electron chi connectivity index (χ1n) is 7.47. The first-order valence-corrected chi connectivity index (χ1v) is 7.47. The van der Waals surface area contributed by atoms with Crippen LogP contribution >= 0.6 is 12.4 Å². The summed E-state index contributed by atoms with van der Waals surface area (Å²) in [5.74, 6) is -0.670. The number of piperidine rings is 1. The van der Waals surface area contributed by atoms with Crippen molar-refractivity contribution in [2.24, 2.45) is 23.5 Å². The van der Waals surface area contributed by atoms with Crippen LogP contribution in [0, 0.1) is 17.8 Å². The van der Waals surface area contributed by atoms with E-state index in [-0.39, 0.29) is 50.2 Å². The third-order valence-corrected chi connectivity index (χ3v) is 4.80. The van der Waals surface area contributed by atoms with Crippen molar-refractivity contribution in [3.05, 3.63) is 0 Å². The van der Waals surface area contributed by atoms with Crippen molar-refractivity contribution < 1.29 is 18.0 Å². The Morgan fingerprint density at radius 1 is 1.05 bits per heavy atom. The molecule has 0 radical (unpaired) electrons. The van der Waals surface area contributed by atoms with Crippen LogP contribution in [0.1, 0.15) is 38.5 Å². The van der Waals surface area contributed by atoms with E-state index in [4.69, 9.17) is 5.73 Å². The highest BCUT2D eigenvalue weighted by Crippen LogP contribution is 2.35. The maximum Gasteiger partial charge on any atom is 0.391 e. The van der Waals surface area contributed by atoms with Crippen LogP contribution in [0.25, 0.3) is 0 Å². The molecule has 1 aliphatic carbocycles. The van der Waals surface area contributed by atoms with E-state index in [0.29, 0.717) is 12.5 Å². The lowest BCUT2D eigenvalue weighted by molar-refractivity contribution is -0.187. The van der Waals surface area contributed by atoms with E-state index in [1.807, 2.05) is 0 Å². The van der Waals surface area contributed by atoms with Gasteiger partial charge in [0.25, 0.3) is 0 Å². The fourth-order valence-corrected chi connectivity index (χ4v) is 3.33. The molecule has 0 atom stereocenters. The van der Waals surface area contributed by atoms with Crippen LogP contribution in [-0.2, 0) is 4.79 Å². The zero-order chi connectivity index (χ0) is 14.8. The van der Waals surface area contributed by atoms with Crippen molar-refractivity contribution in [1.82, 2.24) is 4.90 Å². The second-order valence-electron chi connectivity index (χ2n) is 6.09. The molecule has 2 fully saturated rings. The molecule has 0 aromatic carbocycles. The first kappa shape index (κ1) is 18.6. The highest BCUT2D eigenvalue weighted by atomic mass is 35.5. The molecule has 0 unspecified atom stereocenters. The molecular weight excluding hydrogens is 305 g/mol. The summed E-state index contributed by atoms with van der Waals surface area (Å²) >= 11 is 0. The third kappa shape index (κ3) is 4.74. The number of hydrogen-bond donors (Lipinski definition) is 1. The molecule has 1 amide bonds. The van der Waals surface area contributed by atoms with Gasteiger partial charge >= 0.3 is 6.18 Å². The minimum absolute atomic E-state index is 0. The number of likely N-dealkylation sites (tertiary alicyclic amines) is 1. The van der Waals surface area contributed by atoms with Crippen LogP contribution in [0.4, 0.5) is 13.2 Å². The molecule has 1 heterocycles. The summed E-state index contributed by atoms with van der Waals surface area (Å²) in [5, 5.41) is 0. The predicted molar refractivity (Wildman–Crippen MR) is 77.1 cm³/mol. The lowest BCUT2D eigenvalue weighted by atomic mass is 9.81. The molecule has 0 aromatic heterocycles. The van der Waals surface area contributed by atoms with Crippen molar-refractivity contribution >= 4 is 18.3 Å². The van der Waals surface area contributed by atoms with E-state index in [2.05, 4.69) is 0 Å². The monoisotopic (exact) mass is 328 g/mol. The largest absolute Gasteiger partial charge is 0.391 e. The Kier molecular flexibility index (Phi) is 6.78. The number of alkyl halides is 3. The molecule has 1 saturated carbocycles. The van der Waals surface area contributed by atoms with Crippen LogP contribution < -0.4 is 5.73 Å². The molecule has 21 heavy (non-hydrogen) atoms. The van der Waals surface area contributed by atoms with Crippen molar-refractivity contribution in [3.8, 4) is 0 Å². The van der Waals surface area contributed by atoms with E-state index in [9.17, 15) is 18.0 Å². The number of amides is 1. The van der Waals surface area contributed by atoms with Gasteiger partial charge in [0.05, 0.1) is 5.92 Å². The minimum atomic E-state index is -4.12. The SMILES string of the molecule is Cl.NCC1CCC(C(=O)N2CCC(C(F)(F)F)CC2)CC1. The quantitative estimate of drug-likeness (QED) is 0.847. The highest BCUT2D eigenvalue weighted by molar-refractivity contribution is 5.85. The summed E-state index contributed by atoms with van der Waals surface area (Å²) in [7, 11) is 0. The van der Waals surface area contributed by atoms with E-state index in [1.54, 1.807) is 4.90 Å². The summed E-state index contributed by atoms with van der Waals surface area (Å²) in [6.45, 7) is 1.16. The van der Waals surface area contributed by atoms with Gasteiger partial charge in [0.15, 0.2) is 0 Å². The summed E-state index contributed by atoms with van der Waals surface area (Å²) in [6, 6.07) is 0. The van der Waals surface area contributed by atoms with Crippen LogP contribution in [0.15, 0.2) is 0 Å². The van der Waals surface area contributed by atoms with Crippen molar-refractivity contribution in [1.29, 1.82) is 0 Å². The van der Waals surface area contributed by atoms with Gasteiger partial charge in [-0.2, -0.15) is 13.2 Å². The predicted octanol–water partition coefficient (Wildman–Crippen LogP) is 2.97. The van der Waals surface area contributed by atoms with Gasteiger partial charge in [-0.3, -0.25) is 4.79 Å². The number of nitrogens with zero attached hydrogens (tertiary/aromatic N) is 1. The lowest BCUT2D eigenvalue weighted by Gasteiger charge is -2.36. The molecule has 3 nitrogen and oxygen atoms in total. The Morgan fingerprint density at radius 2 is 1.57 bits per heavy atom. The summed E-state index contributed by atoms with van der Waals surface area (Å²) in [4.78, 5) is 14.0. The number of halogens is 4. The number of rotatable bonds is 2. The van der Waals surface area contributed by atoms with E-state index in [1.165, 1.54) is 0 Å². The molecular formula is C14H24ClF3N2O. The van der Waals surface area contributed by atoms with Gasteiger partial charge in [0.1, 0.15) is 0 Å². The average molecular weight is 329 g/mol. The normalized spacial score (nSPS) is 28.1. The van der Waals surface area contributed by atoms with Crippen molar-refractivity contribution in [2.45, 2.75) is 44.7 Å². The fraction of sp³-hybridized carbons (Fsp3) is 0.929. The highest BCUT2D eigenvalue weighted by Gasteiger charge is 2.42. The van der Waals surface area contributed by atoms with Crippen LogP contribution in [0.5, 0.6) is 0 Å². The van der Waals surface area contributed by atoms with E-state index >= 15 is 0 Å². The van der Waals surface area contributed by atoms with Gasteiger partial charge in [-0.1, -0.05) is 0 Å². The number of carbonyl (C=O) groups is 1. The second-order valence-corrected chi connectivity index (χ2v) is 6.09. The van der Waals surface area contributed by atoms with Crippen molar-refractivity contribution in [2.75, 3.05) is 19.6 Å². The van der Waals surface area contributed by atoms with Gasteiger partial charge < -0.3 is 10.6 Å². The molecule has 0 spiro atoms. The Labute approximate surface area is 129 Å². The Balaban J connectivity index is 0.00000220. The summed E-state index contributed by atoms with van der Waals surface area (Å²) in [6.07, 6.45) is -0.424. The first-order chi connectivity index (χ1) is 9.41. The summed E-state index contributed by atoms with van der Waals surface area (Å²) < 4.78 is 37.8. The number of hydrogen-bond acceptors (Lipinski definition) is 2. The van der Waals surface area contributed by atoms with Gasteiger partial charge in [0, 0.05) is 19.0 Å². The minimum Gasteiger partial charge on any atom is -0.342 e. The van der Waals surface area contributed by atoms with E-state index < -0.39 is 12.1 Å². The maximum absolute atomic E-state index is 12.6. The van der Waals surface area contributed by atoms with Gasteiger partial charge in [-0.15, -0.1) is 12.4 Å². The Morgan fingerprint density at radius 3 is 2.00 bits per heavy atom. The Bertz CT molecular complexity index is 336. The molecule has 0 bridgehead atoms. The van der Waals surface area contributed by atoms with Gasteiger partial charge in [0.2, 0.25) is 5.91 Å². The third-order valence-electron chi connectivity index (χ3n) is 4.80. The van der Waals surface area contributed by atoms with Gasteiger partial charge in [-0.05, 0) is 51.0 Å². The molecule has 2 rings (SSSR count). The van der Waals surface area contributed by atoms with Gasteiger partial charge in [-0.25, -0.2) is 0 Å². The number of nitrogens with two attached hydrogens (primary N) is 1.